The lowest BCUT2D eigenvalue weighted by Crippen LogP contribution is -2.11. The first-order valence-corrected chi connectivity index (χ1v) is 6.49. The smallest absolute Gasteiger partial charge is 0.218 e. The summed E-state index contributed by atoms with van der Waals surface area (Å²) in [5.74, 6) is 1.25. The summed E-state index contributed by atoms with van der Waals surface area (Å²) in [6, 6.07) is 9.13. The number of methoxy groups -OCH3 is 2. The van der Waals surface area contributed by atoms with Crippen LogP contribution >= 0.6 is 0 Å². The second-order valence-corrected chi connectivity index (χ2v) is 4.54. The molecule has 0 bridgehead atoms. The third-order valence-corrected chi connectivity index (χ3v) is 3.23. The first-order chi connectivity index (χ1) is 10.1. The van der Waals surface area contributed by atoms with Gasteiger partial charge in [0, 0.05) is 7.05 Å². The van der Waals surface area contributed by atoms with Gasteiger partial charge in [0.05, 0.1) is 37.2 Å². The normalized spacial score (nSPS) is 11.6. The van der Waals surface area contributed by atoms with Crippen molar-refractivity contribution in [1.82, 2.24) is 9.78 Å². The van der Waals surface area contributed by atoms with Gasteiger partial charge in [-0.1, -0.05) is 12.1 Å². The van der Waals surface area contributed by atoms with E-state index in [1.807, 2.05) is 31.2 Å². The number of aryl methyl sites for hydroxylation is 2. The fourth-order valence-electron chi connectivity index (χ4n) is 2.32. The molecule has 2 aromatic rings. The van der Waals surface area contributed by atoms with Gasteiger partial charge in [-0.05, 0) is 19.1 Å². The number of nitrogens with one attached hydrogen (secondary N) is 1. The van der Waals surface area contributed by atoms with Gasteiger partial charge in [-0.3, -0.25) is 0 Å². The predicted octanol–water partition coefficient (Wildman–Crippen LogP) is 2.42. The van der Waals surface area contributed by atoms with Crippen LogP contribution in [-0.4, -0.2) is 24.0 Å². The fourth-order valence-corrected chi connectivity index (χ4v) is 2.32. The van der Waals surface area contributed by atoms with Crippen molar-refractivity contribution in [1.29, 1.82) is 5.26 Å². The summed E-state index contributed by atoms with van der Waals surface area (Å²) >= 11 is 0. The van der Waals surface area contributed by atoms with Crippen molar-refractivity contribution >= 4 is 5.69 Å². The predicted molar refractivity (Wildman–Crippen MR) is 79.5 cm³/mol. The number of rotatable bonds is 5. The number of nitrogens with zero attached hydrogens (tertiary/aromatic N) is 3. The second kappa shape index (κ2) is 6.18. The number of ether oxygens (including phenoxy) is 2. The Kier molecular flexibility index (Phi) is 4.33. The first kappa shape index (κ1) is 14.7. The molecule has 1 unspecified atom stereocenters. The largest absolute Gasteiger partial charge is 0.495 e. The maximum absolute atomic E-state index is 9.51. The third kappa shape index (κ3) is 2.77. The van der Waals surface area contributed by atoms with Crippen LogP contribution in [-0.2, 0) is 7.05 Å². The quantitative estimate of drug-likeness (QED) is 0.914. The summed E-state index contributed by atoms with van der Waals surface area (Å²) in [6.45, 7) is 1.85. The molecule has 1 N–H and O–H groups in total. The lowest BCUT2D eigenvalue weighted by atomic mass is 10.1. The number of para-hydroxylation sites is 2. The Balaban J connectivity index is 2.40. The molecular weight excluding hydrogens is 268 g/mol. The molecule has 6 heteroatoms. The Hall–Kier alpha value is -2.68. The maximum Gasteiger partial charge on any atom is 0.218 e. The molecule has 1 aromatic heterocycles. The number of hydrogen-bond donors (Lipinski definition) is 1. The molecule has 0 spiro atoms. The lowest BCUT2D eigenvalue weighted by molar-refractivity contribution is 0.369. The molecule has 1 atom stereocenters. The molecule has 6 nitrogen and oxygen atoms in total. The van der Waals surface area contributed by atoms with Crippen molar-refractivity contribution in [3.63, 3.8) is 0 Å². The highest BCUT2D eigenvalue weighted by molar-refractivity contribution is 5.59. The van der Waals surface area contributed by atoms with Gasteiger partial charge in [-0.25, -0.2) is 4.68 Å². The van der Waals surface area contributed by atoms with Gasteiger partial charge in [0.1, 0.15) is 11.8 Å². The van der Waals surface area contributed by atoms with Crippen LogP contribution in [0.2, 0.25) is 0 Å². The van der Waals surface area contributed by atoms with E-state index in [-0.39, 0.29) is 0 Å². The summed E-state index contributed by atoms with van der Waals surface area (Å²) in [6.07, 6.45) is 0. The molecule has 2 rings (SSSR count). The highest BCUT2D eigenvalue weighted by Gasteiger charge is 2.23. The lowest BCUT2D eigenvalue weighted by Gasteiger charge is -2.16. The third-order valence-electron chi connectivity index (χ3n) is 3.23. The molecule has 0 radical (unpaired) electrons. The van der Waals surface area contributed by atoms with E-state index in [1.165, 1.54) is 0 Å². The van der Waals surface area contributed by atoms with Gasteiger partial charge in [0.15, 0.2) is 0 Å². The standard InChI is InChI=1S/C15H18N4O2/c1-10-14(15(21-4)19(2)18-10)12(9-16)17-11-7-5-6-8-13(11)20-3/h5-8,12,17H,1-4H3. The number of aromatic nitrogens is 2. The molecule has 1 aromatic carbocycles. The van der Waals surface area contributed by atoms with Crippen molar-refractivity contribution in [2.45, 2.75) is 13.0 Å². The van der Waals surface area contributed by atoms with Gasteiger partial charge < -0.3 is 14.8 Å². The highest BCUT2D eigenvalue weighted by atomic mass is 16.5. The van der Waals surface area contributed by atoms with Crippen LogP contribution in [0.25, 0.3) is 0 Å². The summed E-state index contributed by atoms with van der Waals surface area (Å²) < 4.78 is 12.3. The minimum atomic E-state index is -0.579. The number of anilines is 1. The average Bonchev–Trinajstić information content (AvgIpc) is 2.78. The van der Waals surface area contributed by atoms with Crippen molar-refractivity contribution in [2.24, 2.45) is 7.05 Å². The van der Waals surface area contributed by atoms with E-state index in [2.05, 4.69) is 16.5 Å². The second-order valence-electron chi connectivity index (χ2n) is 4.54. The highest BCUT2D eigenvalue weighted by Crippen LogP contribution is 2.33. The number of benzene rings is 1. The molecule has 0 saturated heterocycles. The maximum atomic E-state index is 9.51. The topological polar surface area (TPSA) is 72.1 Å². The molecule has 0 fully saturated rings. The van der Waals surface area contributed by atoms with Crippen LogP contribution in [0.1, 0.15) is 17.3 Å². The van der Waals surface area contributed by atoms with Gasteiger partial charge in [-0.2, -0.15) is 10.4 Å². The Labute approximate surface area is 123 Å². The van der Waals surface area contributed by atoms with Crippen molar-refractivity contribution in [3.05, 3.63) is 35.5 Å². The minimum Gasteiger partial charge on any atom is -0.495 e. The zero-order valence-corrected chi connectivity index (χ0v) is 12.5. The van der Waals surface area contributed by atoms with E-state index in [9.17, 15) is 5.26 Å². The van der Waals surface area contributed by atoms with E-state index < -0.39 is 6.04 Å². The zero-order valence-electron chi connectivity index (χ0n) is 12.5. The molecule has 0 aliphatic carbocycles. The molecule has 0 aliphatic heterocycles. The first-order valence-electron chi connectivity index (χ1n) is 6.49. The Bertz CT molecular complexity index is 673. The van der Waals surface area contributed by atoms with Gasteiger partial charge >= 0.3 is 0 Å². The molecule has 110 valence electrons. The van der Waals surface area contributed by atoms with Crippen molar-refractivity contribution in [2.75, 3.05) is 19.5 Å². The van der Waals surface area contributed by atoms with Crippen LogP contribution in [0, 0.1) is 18.3 Å². The van der Waals surface area contributed by atoms with E-state index >= 15 is 0 Å². The SMILES string of the molecule is COc1ccccc1NC(C#N)c1c(C)nn(C)c1OC. The van der Waals surface area contributed by atoms with Gasteiger partial charge in [0.2, 0.25) is 5.88 Å². The Morgan fingerprint density at radius 1 is 1.29 bits per heavy atom. The van der Waals surface area contributed by atoms with Crippen molar-refractivity contribution < 1.29 is 9.47 Å². The molecular formula is C15H18N4O2. The average molecular weight is 286 g/mol. The number of nitriles is 1. The van der Waals surface area contributed by atoms with Crippen LogP contribution in [0.15, 0.2) is 24.3 Å². The molecule has 0 aliphatic rings. The van der Waals surface area contributed by atoms with Crippen molar-refractivity contribution in [3.8, 4) is 17.7 Å². The molecule has 0 saturated carbocycles. The van der Waals surface area contributed by atoms with Gasteiger partial charge in [0.25, 0.3) is 0 Å². The van der Waals surface area contributed by atoms with Crippen LogP contribution < -0.4 is 14.8 Å². The monoisotopic (exact) mass is 286 g/mol. The Morgan fingerprint density at radius 2 is 2.00 bits per heavy atom. The molecule has 0 amide bonds. The summed E-state index contributed by atoms with van der Waals surface area (Å²) in [5.41, 5.74) is 2.23. The van der Waals surface area contributed by atoms with E-state index in [0.29, 0.717) is 11.6 Å². The number of hydrogen-bond acceptors (Lipinski definition) is 5. The minimum absolute atomic E-state index is 0.571. The van der Waals surface area contributed by atoms with E-state index in [4.69, 9.17) is 9.47 Å². The van der Waals surface area contributed by atoms with E-state index in [1.54, 1.807) is 25.9 Å². The summed E-state index contributed by atoms with van der Waals surface area (Å²) in [5, 5.41) is 17.0. The molecule has 21 heavy (non-hydrogen) atoms. The summed E-state index contributed by atoms with van der Waals surface area (Å²) in [4.78, 5) is 0. The van der Waals surface area contributed by atoms with Crippen LogP contribution in [0.5, 0.6) is 11.6 Å². The zero-order chi connectivity index (χ0) is 15.4. The van der Waals surface area contributed by atoms with Gasteiger partial charge in [-0.15, -0.1) is 0 Å². The molecule has 1 heterocycles. The fraction of sp³-hybridized carbons (Fsp3) is 0.333. The van der Waals surface area contributed by atoms with Crippen LogP contribution in [0.4, 0.5) is 5.69 Å². The summed E-state index contributed by atoms with van der Waals surface area (Å²) in [7, 11) is 4.95. The van der Waals surface area contributed by atoms with E-state index in [0.717, 1.165) is 16.9 Å². The Morgan fingerprint density at radius 3 is 2.62 bits per heavy atom. The van der Waals surface area contributed by atoms with Crippen LogP contribution in [0.3, 0.4) is 0 Å².